The van der Waals surface area contributed by atoms with E-state index < -0.39 is 11.9 Å². The minimum absolute atomic E-state index is 0.0106. The maximum absolute atomic E-state index is 14.2. The molecule has 2 heterocycles. The van der Waals surface area contributed by atoms with E-state index in [1.165, 1.54) is 25.4 Å². The number of benzene rings is 1. The van der Waals surface area contributed by atoms with Crippen LogP contribution in [0.25, 0.3) is 0 Å². The fraction of sp³-hybridized carbons (Fsp3) is 0.381. The normalized spacial score (nSPS) is 16.6. The van der Waals surface area contributed by atoms with Crippen LogP contribution in [-0.4, -0.2) is 57.8 Å². The summed E-state index contributed by atoms with van der Waals surface area (Å²) in [6.45, 7) is 4.30. The topological polar surface area (TPSA) is 102 Å². The predicted octanol–water partition coefficient (Wildman–Crippen LogP) is 2.35. The molecule has 3 rings (SSSR count). The van der Waals surface area contributed by atoms with Crippen LogP contribution in [0.4, 0.5) is 10.3 Å². The number of hydrogen-bond acceptors (Lipinski definition) is 6. The number of nitrogens with one attached hydrogen (secondary N) is 1. The molecule has 8 nitrogen and oxygen atoms in total. The van der Waals surface area contributed by atoms with E-state index in [9.17, 15) is 14.0 Å². The van der Waals surface area contributed by atoms with Gasteiger partial charge in [-0.05, 0) is 25.5 Å². The van der Waals surface area contributed by atoms with Crippen molar-refractivity contribution in [1.82, 2.24) is 19.8 Å². The van der Waals surface area contributed by atoms with Crippen molar-refractivity contribution in [2.24, 2.45) is 0 Å². The first kappa shape index (κ1) is 21.2. The fourth-order valence-corrected chi connectivity index (χ4v) is 3.41. The monoisotopic (exact) mass is 410 g/mol. The number of likely N-dealkylation sites (N-methyl/N-ethyl adjacent to an activating group) is 1. The van der Waals surface area contributed by atoms with Crippen molar-refractivity contribution in [1.29, 1.82) is 5.26 Å². The smallest absolute Gasteiger partial charge is 0.257 e. The molecular weight excluding hydrogens is 387 g/mol. The van der Waals surface area contributed by atoms with Gasteiger partial charge in [0.15, 0.2) is 0 Å². The van der Waals surface area contributed by atoms with Crippen LogP contribution in [0.3, 0.4) is 0 Å². The second kappa shape index (κ2) is 8.86. The largest absolute Gasteiger partial charge is 0.348 e. The van der Waals surface area contributed by atoms with Crippen molar-refractivity contribution in [3.8, 4) is 6.07 Å². The zero-order valence-electron chi connectivity index (χ0n) is 17.1. The zero-order valence-corrected chi connectivity index (χ0v) is 17.1. The molecule has 30 heavy (non-hydrogen) atoms. The first-order chi connectivity index (χ1) is 14.3. The van der Waals surface area contributed by atoms with Crippen molar-refractivity contribution in [3.05, 3.63) is 53.1 Å². The number of amides is 2. The summed E-state index contributed by atoms with van der Waals surface area (Å²) in [5.74, 6) is -0.438. The Morgan fingerprint density at radius 3 is 2.67 bits per heavy atom. The van der Waals surface area contributed by atoms with Crippen LogP contribution in [0.1, 0.15) is 47.8 Å². The van der Waals surface area contributed by atoms with Gasteiger partial charge in [0.2, 0.25) is 11.9 Å². The zero-order chi connectivity index (χ0) is 21.8. The molecule has 156 valence electrons. The van der Waals surface area contributed by atoms with Crippen molar-refractivity contribution < 1.29 is 14.0 Å². The molecule has 1 saturated heterocycles. The van der Waals surface area contributed by atoms with Crippen LogP contribution in [0.2, 0.25) is 0 Å². The third kappa shape index (κ3) is 4.54. The van der Waals surface area contributed by atoms with Crippen LogP contribution in [0, 0.1) is 17.1 Å². The summed E-state index contributed by atoms with van der Waals surface area (Å²) in [5, 5.41) is 11.8. The van der Waals surface area contributed by atoms with E-state index in [4.69, 9.17) is 5.26 Å². The van der Waals surface area contributed by atoms with E-state index in [-0.39, 0.29) is 29.4 Å². The van der Waals surface area contributed by atoms with Crippen LogP contribution in [0.5, 0.6) is 0 Å². The molecule has 2 amide bonds. The maximum Gasteiger partial charge on any atom is 0.257 e. The molecule has 0 aliphatic carbocycles. The standard InChI is InChI=1S/C21H23FN6O2/c1-13(18-5-4-15(9-23)8-19(18)22)26-21-24-10-16(11-25-21)20(30)28-7-6-17(12-28)27(3)14(2)29/h4-5,8,10-11,13,17H,6-7,12H2,1-3H3,(H,24,25,26). The van der Waals surface area contributed by atoms with E-state index in [1.54, 1.807) is 35.9 Å². The average molecular weight is 410 g/mol. The molecule has 1 fully saturated rings. The highest BCUT2D eigenvalue weighted by Gasteiger charge is 2.30. The molecule has 1 aliphatic heterocycles. The van der Waals surface area contributed by atoms with Gasteiger partial charge in [-0.25, -0.2) is 14.4 Å². The van der Waals surface area contributed by atoms with E-state index in [1.807, 2.05) is 6.07 Å². The Bertz CT molecular complexity index is 988. The minimum atomic E-state index is -0.486. The van der Waals surface area contributed by atoms with Gasteiger partial charge in [-0.1, -0.05) is 6.07 Å². The summed E-state index contributed by atoms with van der Waals surface area (Å²) < 4.78 is 14.2. The number of likely N-dealkylation sites (tertiary alicyclic amines) is 1. The molecule has 0 saturated carbocycles. The van der Waals surface area contributed by atoms with Crippen LogP contribution in [0.15, 0.2) is 30.6 Å². The molecule has 1 aromatic heterocycles. The number of rotatable bonds is 5. The molecule has 9 heteroatoms. The molecule has 0 bridgehead atoms. The van der Waals surface area contributed by atoms with Gasteiger partial charge in [-0.15, -0.1) is 0 Å². The van der Waals surface area contributed by atoms with Crippen molar-refractivity contribution in [2.75, 3.05) is 25.5 Å². The summed E-state index contributed by atoms with van der Waals surface area (Å²) in [4.78, 5) is 35.9. The Morgan fingerprint density at radius 1 is 1.37 bits per heavy atom. The molecule has 2 unspecified atom stereocenters. The van der Waals surface area contributed by atoms with Gasteiger partial charge in [0.1, 0.15) is 5.82 Å². The van der Waals surface area contributed by atoms with Gasteiger partial charge in [0.05, 0.1) is 29.3 Å². The lowest BCUT2D eigenvalue weighted by Crippen LogP contribution is -2.39. The number of nitrogens with zero attached hydrogens (tertiary/aromatic N) is 5. The quantitative estimate of drug-likeness (QED) is 0.812. The van der Waals surface area contributed by atoms with Crippen molar-refractivity contribution >= 4 is 17.8 Å². The highest BCUT2D eigenvalue weighted by Crippen LogP contribution is 2.21. The molecule has 1 N–H and O–H groups in total. The molecular formula is C21H23FN6O2. The van der Waals surface area contributed by atoms with E-state index >= 15 is 0 Å². The Labute approximate surface area is 174 Å². The Hall–Kier alpha value is -3.54. The number of anilines is 1. The number of hydrogen-bond donors (Lipinski definition) is 1. The summed E-state index contributed by atoms with van der Waals surface area (Å²) in [6, 6.07) is 5.76. The van der Waals surface area contributed by atoms with Crippen molar-refractivity contribution in [2.45, 2.75) is 32.4 Å². The van der Waals surface area contributed by atoms with Gasteiger partial charge in [-0.3, -0.25) is 9.59 Å². The summed E-state index contributed by atoms with van der Waals surface area (Å²) in [5.41, 5.74) is 0.987. The Balaban J connectivity index is 1.63. The summed E-state index contributed by atoms with van der Waals surface area (Å²) >= 11 is 0. The number of carbonyl (C=O) groups excluding carboxylic acids is 2. The lowest BCUT2D eigenvalue weighted by Gasteiger charge is -2.23. The predicted molar refractivity (Wildman–Crippen MR) is 108 cm³/mol. The van der Waals surface area contributed by atoms with Gasteiger partial charge in [0.25, 0.3) is 5.91 Å². The molecule has 2 atom stereocenters. The molecule has 0 spiro atoms. The highest BCUT2D eigenvalue weighted by molar-refractivity contribution is 5.94. The van der Waals surface area contributed by atoms with Gasteiger partial charge in [0, 0.05) is 45.0 Å². The van der Waals surface area contributed by atoms with Gasteiger partial charge < -0.3 is 15.1 Å². The number of halogens is 1. The average Bonchev–Trinajstić information content (AvgIpc) is 3.23. The second-order valence-corrected chi connectivity index (χ2v) is 7.33. The molecule has 1 aliphatic rings. The summed E-state index contributed by atoms with van der Waals surface area (Å²) in [7, 11) is 1.74. The first-order valence-electron chi connectivity index (χ1n) is 9.61. The SMILES string of the molecule is CC(=O)N(C)C1CCN(C(=O)c2cnc(NC(C)c3ccc(C#N)cc3F)nc2)C1. The Morgan fingerprint density at radius 2 is 2.07 bits per heavy atom. The third-order valence-electron chi connectivity index (χ3n) is 5.34. The Kier molecular flexibility index (Phi) is 6.26. The number of aromatic nitrogens is 2. The van der Waals surface area contributed by atoms with E-state index in [0.717, 1.165) is 6.42 Å². The molecule has 1 aromatic carbocycles. The summed E-state index contributed by atoms with van der Waals surface area (Å²) in [6.07, 6.45) is 3.60. The number of nitriles is 1. The number of carbonyl (C=O) groups is 2. The second-order valence-electron chi connectivity index (χ2n) is 7.33. The molecule has 2 aromatic rings. The lowest BCUT2D eigenvalue weighted by atomic mass is 10.1. The van der Waals surface area contributed by atoms with Gasteiger partial charge >= 0.3 is 0 Å². The highest BCUT2D eigenvalue weighted by atomic mass is 19.1. The van der Waals surface area contributed by atoms with Crippen LogP contribution >= 0.6 is 0 Å². The van der Waals surface area contributed by atoms with Gasteiger partial charge in [-0.2, -0.15) is 5.26 Å². The van der Waals surface area contributed by atoms with E-state index in [2.05, 4.69) is 15.3 Å². The van der Waals surface area contributed by atoms with Crippen LogP contribution in [-0.2, 0) is 4.79 Å². The lowest BCUT2D eigenvalue weighted by molar-refractivity contribution is -0.129. The third-order valence-corrected chi connectivity index (χ3v) is 5.34. The van der Waals surface area contributed by atoms with Crippen LogP contribution < -0.4 is 5.32 Å². The van der Waals surface area contributed by atoms with E-state index in [0.29, 0.717) is 24.2 Å². The van der Waals surface area contributed by atoms with Crippen molar-refractivity contribution in [3.63, 3.8) is 0 Å². The molecule has 0 radical (unpaired) electrons. The minimum Gasteiger partial charge on any atom is -0.348 e. The fourth-order valence-electron chi connectivity index (χ4n) is 3.41. The first-order valence-corrected chi connectivity index (χ1v) is 9.61. The maximum atomic E-state index is 14.2.